The van der Waals surface area contributed by atoms with Gasteiger partial charge in [-0.25, -0.2) is 4.98 Å². The second kappa shape index (κ2) is 10.9. The van der Waals surface area contributed by atoms with E-state index in [2.05, 4.69) is 86.8 Å². The van der Waals surface area contributed by atoms with Gasteiger partial charge in [-0.2, -0.15) is 0 Å². The van der Waals surface area contributed by atoms with Gasteiger partial charge in [-0.1, -0.05) is 76.4 Å². The standard InChI is InChI=1S/C35H33N4O.Pt/c1-20(2)22-17-27(24-15-21(3)14-23(16-24)26-11-13-36-29-8-7-12-37-32(26)29)33-30(18-22)38-34(39-33)28-19-25(35(4,5)6)9-10-31(28)40;/h7-15,17-20,40H,1-6H3,(H,38,39);/q-1;. The van der Waals surface area contributed by atoms with Gasteiger partial charge in [0.1, 0.15) is 11.6 Å². The van der Waals surface area contributed by atoms with Gasteiger partial charge in [-0.3, -0.25) is 9.97 Å². The van der Waals surface area contributed by atoms with Gasteiger partial charge in [0.2, 0.25) is 0 Å². The normalized spacial score (nSPS) is 11.8. The first-order chi connectivity index (χ1) is 19.1. The molecular formula is C35H33N4OPt-. The average Bonchev–Trinajstić information content (AvgIpc) is 3.35. The second-order valence-corrected chi connectivity index (χ2v) is 11.9. The fraction of sp³-hybridized carbons (Fsp3) is 0.229. The Hall–Kier alpha value is -3.82. The number of aryl methyl sites for hydroxylation is 1. The molecule has 0 spiro atoms. The predicted molar refractivity (Wildman–Crippen MR) is 164 cm³/mol. The summed E-state index contributed by atoms with van der Waals surface area (Å²) in [7, 11) is 0. The van der Waals surface area contributed by atoms with E-state index in [1.54, 1.807) is 12.3 Å². The number of nitrogens with one attached hydrogen (secondary N) is 1. The number of aromatic hydroxyl groups is 1. The van der Waals surface area contributed by atoms with Crippen LogP contribution in [0.4, 0.5) is 0 Å². The predicted octanol–water partition coefficient (Wildman–Crippen LogP) is 8.74. The van der Waals surface area contributed by atoms with E-state index in [4.69, 9.17) is 4.98 Å². The maximum atomic E-state index is 10.8. The molecule has 0 bridgehead atoms. The average molecular weight is 721 g/mol. The van der Waals surface area contributed by atoms with Crippen LogP contribution in [0.5, 0.6) is 5.75 Å². The van der Waals surface area contributed by atoms with Crippen molar-refractivity contribution in [3.8, 4) is 39.4 Å². The molecule has 5 nitrogen and oxygen atoms in total. The summed E-state index contributed by atoms with van der Waals surface area (Å²) in [5, 5.41) is 10.8. The Balaban J connectivity index is 0.00000337. The minimum Gasteiger partial charge on any atom is -0.507 e. The van der Waals surface area contributed by atoms with Crippen LogP contribution < -0.4 is 0 Å². The topological polar surface area (TPSA) is 74.7 Å². The summed E-state index contributed by atoms with van der Waals surface area (Å²) in [6.45, 7) is 13.0. The first-order valence-corrected chi connectivity index (χ1v) is 13.7. The molecule has 0 aliphatic heterocycles. The van der Waals surface area contributed by atoms with Crippen LogP contribution in [-0.2, 0) is 26.5 Å². The number of hydrogen-bond acceptors (Lipinski definition) is 4. The van der Waals surface area contributed by atoms with E-state index >= 15 is 0 Å². The summed E-state index contributed by atoms with van der Waals surface area (Å²) >= 11 is 0. The maximum absolute atomic E-state index is 10.8. The van der Waals surface area contributed by atoms with Crippen molar-refractivity contribution < 1.29 is 26.2 Å². The number of pyridine rings is 2. The van der Waals surface area contributed by atoms with Gasteiger partial charge >= 0.3 is 0 Å². The molecule has 3 aromatic carbocycles. The Labute approximate surface area is 255 Å². The van der Waals surface area contributed by atoms with E-state index in [1.807, 2.05) is 36.5 Å². The molecule has 0 aliphatic rings. The van der Waals surface area contributed by atoms with Crippen LogP contribution in [0.1, 0.15) is 57.2 Å². The molecule has 6 rings (SSSR count). The summed E-state index contributed by atoms with van der Waals surface area (Å²) in [5.41, 5.74) is 11.6. The van der Waals surface area contributed by atoms with Crippen LogP contribution in [0, 0.1) is 13.0 Å². The SMILES string of the molecule is Cc1cc(-c2ccnc3cccnc23)[c-]c(-c2cc(C(C)C)cc3[nH]c(-c4cc(C(C)(C)C)ccc4O)nc23)c1.[Pt]. The maximum Gasteiger partial charge on any atom is 0.141 e. The third-order valence-electron chi connectivity index (χ3n) is 7.48. The van der Waals surface area contributed by atoms with Gasteiger partial charge in [0, 0.05) is 33.5 Å². The van der Waals surface area contributed by atoms with Gasteiger partial charge in [0.15, 0.2) is 0 Å². The molecule has 3 aromatic heterocycles. The zero-order valence-corrected chi connectivity index (χ0v) is 26.4. The number of phenols is 1. The number of nitrogens with zero attached hydrogens (tertiary/aromatic N) is 3. The molecule has 3 heterocycles. The molecule has 0 aliphatic carbocycles. The molecule has 0 radical (unpaired) electrons. The molecule has 0 atom stereocenters. The van der Waals surface area contributed by atoms with Gasteiger partial charge < -0.3 is 10.1 Å². The third kappa shape index (κ3) is 5.44. The van der Waals surface area contributed by atoms with E-state index in [0.717, 1.165) is 55.4 Å². The molecule has 6 heteroatoms. The molecule has 0 saturated carbocycles. The third-order valence-corrected chi connectivity index (χ3v) is 7.48. The molecule has 2 N–H and O–H groups in total. The number of phenolic OH excluding ortho intramolecular Hbond substituents is 1. The summed E-state index contributed by atoms with van der Waals surface area (Å²) in [6.07, 6.45) is 3.63. The number of H-pyrrole nitrogens is 1. The van der Waals surface area contributed by atoms with Crippen molar-refractivity contribution in [3.63, 3.8) is 0 Å². The number of benzene rings is 3. The first-order valence-electron chi connectivity index (χ1n) is 13.7. The molecule has 0 unspecified atom stereocenters. The van der Waals surface area contributed by atoms with E-state index in [0.29, 0.717) is 17.3 Å². The molecule has 0 fully saturated rings. The quantitative estimate of drug-likeness (QED) is 0.179. The zero-order valence-electron chi connectivity index (χ0n) is 24.1. The second-order valence-electron chi connectivity index (χ2n) is 11.9. The van der Waals surface area contributed by atoms with Crippen LogP contribution in [-0.4, -0.2) is 25.0 Å². The van der Waals surface area contributed by atoms with Gasteiger partial charge in [0.25, 0.3) is 0 Å². The fourth-order valence-electron chi connectivity index (χ4n) is 5.20. The Kier molecular flexibility index (Phi) is 7.61. The number of aromatic amines is 1. The van der Waals surface area contributed by atoms with Crippen LogP contribution in [0.25, 0.3) is 55.7 Å². The Morgan fingerprint density at radius 3 is 2.32 bits per heavy atom. The molecule has 41 heavy (non-hydrogen) atoms. The van der Waals surface area contributed by atoms with Crippen molar-refractivity contribution in [2.45, 2.75) is 52.9 Å². The van der Waals surface area contributed by atoms with Crippen LogP contribution in [0.3, 0.4) is 0 Å². The van der Waals surface area contributed by atoms with E-state index in [9.17, 15) is 5.11 Å². The van der Waals surface area contributed by atoms with Crippen molar-refractivity contribution >= 4 is 22.1 Å². The minimum absolute atomic E-state index is 0. The van der Waals surface area contributed by atoms with Gasteiger partial charge in [0.05, 0.1) is 27.6 Å². The smallest absolute Gasteiger partial charge is 0.141 e. The minimum atomic E-state index is -0.0522. The first kappa shape index (κ1) is 28.7. The van der Waals surface area contributed by atoms with E-state index < -0.39 is 0 Å². The summed E-state index contributed by atoms with van der Waals surface area (Å²) in [5.74, 6) is 1.18. The van der Waals surface area contributed by atoms with E-state index in [-0.39, 0.29) is 32.2 Å². The largest absolute Gasteiger partial charge is 0.507 e. The Morgan fingerprint density at radius 1 is 0.829 bits per heavy atom. The monoisotopic (exact) mass is 720 g/mol. The summed E-state index contributed by atoms with van der Waals surface area (Å²) in [4.78, 5) is 17.7. The van der Waals surface area contributed by atoms with Crippen molar-refractivity contribution in [3.05, 3.63) is 95.8 Å². The zero-order chi connectivity index (χ0) is 28.2. The molecule has 0 amide bonds. The Morgan fingerprint density at radius 2 is 1.59 bits per heavy atom. The molecule has 6 aromatic rings. The summed E-state index contributed by atoms with van der Waals surface area (Å²) < 4.78 is 0. The van der Waals surface area contributed by atoms with Crippen LogP contribution in [0.2, 0.25) is 0 Å². The van der Waals surface area contributed by atoms with Crippen molar-refractivity contribution in [1.29, 1.82) is 0 Å². The van der Waals surface area contributed by atoms with E-state index in [1.165, 1.54) is 5.56 Å². The van der Waals surface area contributed by atoms with Crippen molar-refractivity contribution in [2.24, 2.45) is 0 Å². The molecular weight excluding hydrogens is 687 g/mol. The number of fused-ring (bicyclic) bond motifs is 2. The number of imidazole rings is 1. The number of hydrogen-bond donors (Lipinski definition) is 2. The number of rotatable bonds is 4. The fourth-order valence-corrected chi connectivity index (χ4v) is 5.20. The number of aromatic nitrogens is 4. The molecule has 0 saturated heterocycles. The van der Waals surface area contributed by atoms with Crippen molar-refractivity contribution in [1.82, 2.24) is 19.9 Å². The van der Waals surface area contributed by atoms with Crippen LogP contribution >= 0.6 is 0 Å². The summed E-state index contributed by atoms with van der Waals surface area (Å²) in [6, 6.07) is 24.0. The Bertz CT molecular complexity index is 1890. The molecule has 210 valence electrons. The van der Waals surface area contributed by atoms with Gasteiger partial charge in [-0.15, -0.1) is 34.9 Å². The van der Waals surface area contributed by atoms with Crippen LogP contribution in [0.15, 0.2) is 73.1 Å². The van der Waals surface area contributed by atoms with Gasteiger partial charge in [-0.05, 0) is 47.2 Å². The van der Waals surface area contributed by atoms with Crippen molar-refractivity contribution in [2.75, 3.05) is 0 Å².